The molecule has 10 heteroatoms. The van der Waals surface area contributed by atoms with Gasteiger partial charge in [0.05, 0.1) is 15.2 Å². The third-order valence-electron chi connectivity index (χ3n) is 5.67. The molecule has 5 rings (SSSR count). The van der Waals surface area contributed by atoms with E-state index >= 15 is 0 Å². The summed E-state index contributed by atoms with van der Waals surface area (Å²) >= 11 is 7.23. The fraction of sp³-hybridized carbons (Fsp3) is 0.185. The lowest BCUT2D eigenvalue weighted by Crippen LogP contribution is -2.21. The summed E-state index contributed by atoms with van der Waals surface area (Å²) in [5, 5.41) is 7.63. The van der Waals surface area contributed by atoms with Crippen molar-refractivity contribution in [2.24, 2.45) is 5.10 Å². The van der Waals surface area contributed by atoms with Crippen molar-refractivity contribution in [3.63, 3.8) is 0 Å². The van der Waals surface area contributed by atoms with E-state index in [1.54, 1.807) is 6.21 Å². The number of aromatic nitrogens is 3. The Labute approximate surface area is 232 Å². The molecule has 0 bridgehead atoms. The molecule has 0 radical (unpaired) electrons. The molecule has 2 heterocycles. The van der Waals surface area contributed by atoms with Gasteiger partial charge in [0.2, 0.25) is 17.8 Å². The van der Waals surface area contributed by atoms with Crippen molar-refractivity contribution in [3.05, 3.63) is 92.9 Å². The van der Waals surface area contributed by atoms with Crippen molar-refractivity contribution in [2.75, 3.05) is 28.7 Å². The smallest absolute Gasteiger partial charge is 0.250 e. The van der Waals surface area contributed by atoms with Crippen molar-refractivity contribution in [2.45, 2.75) is 19.4 Å². The van der Waals surface area contributed by atoms with E-state index in [0.29, 0.717) is 24.5 Å². The van der Waals surface area contributed by atoms with E-state index in [4.69, 9.17) is 4.74 Å². The second-order valence-corrected chi connectivity index (χ2v) is 10.1. The van der Waals surface area contributed by atoms with Crippen LogP contribution in [0.5, 0.6) is 5.75 Å². The van der Waals surface area contributed by atoms with Crippen LogP contribution in [0.1, 0.15) is 24.0 Å². The fourth-order valence-corrected chi connectivity index (χ4v) is 5.32. The van der Waals surface area contributed by atoms with Crippen LogP contribution in [-0.2, 0) is 6.61 Å². The highest BCUT2D eigenvalue weighted by molar-refractivity contribution is 9.11. The zero-order valence-electron chi connectivity index (χ0n) is 19.9. The van der Waals surface area contributed by atoms with Gasteiger partial charge >= 0.3 is 0 Å². The van der Waals surface area contributed by atoms with Crippen LogP contribution in [0.25, 0.3) is 0 Å². The van der Waals surface area contributed by atoms with Crippen molar-refractivity contribution in [3.8, 4) is 5.75 Å². The lowest BCUT2D eigenvalue weighted by atomic mass is 10.2. The molecule has 0 atom stereocenters. The average molecular weight is 623 g/mol. The van der Waals surface area contributed by atoms with Crippen molar-refractivity contribution in [1.29, 1.82) is 0 Å². The molecule has 37 heavy (non-hydrogen) atoms. The number of anilines is 4. The Morgan fingerprint density at radius 2 is 1.51 bits per heavy atom. The number of nitrogens with zero attached hydrogens (tertiary/aromatic N) is 5. The number of hydrogen-bond acceptors (Lipinski definition) is 8. The van der Waals surface area contributed by atoms with Gasteiger partial charge in [0, 0.05) is 18.8 Å². The highest BCUT2D eigenvalue weighted by Crippen LogP contribution is 2.35. The number of rotatable bonds is 9. The fourth-order valence-electron chi connectivity index (χ4n) is 3.87. The first-order chi connectivity index (χ1) is 18.1. The monoisotopic (exact) mass is 621 g/mol. The molecule has 3 aromatic carbocycles. The van der Waals surface area contributed by atoms with E-state index < -0.39 is 0 Å². The van der Waals surface area contributed by atoms with Crippen LogP contribution in [0.4, 0.5) is 23.5 Å². The predicted octanol–water partition coefficient (Wildman–Crippen LogP) is 6.77. The van der Waals surface area contributed by atoms with Crippen LogP contribution in [0.15, 0.2) is 86.8 Å². The summed E-state index contributed by atoms with van der Waals surface area (Å²) in [6.45, 7) is 2.33. The van der Waals surface area contributed by atoms with Gasteiger partial charge < -0.3 is 15.0 Å². The number of para-hydroxylation sites is 1. The molecule has 1 aliphatic heterocycles. The molecule has 188 valence electrons. The Bertz CT molecular complexity index is 1340. The van der Waals surface area contributed by atoms with Crippen LogP contribution in [-0.4, -0.2) is 34.3 Å². The summed E-state index contributed by atoms with van der Waals surface area (Å²) in [5.74, 6) is 2.20. The van der Waals surface area contributed by atoms with Gasteiger partial charge in [-0.3, -0.25) is 0 Å². The topological polar surface area (TPSA) is 87.6 Å². The van der Waals surface area contributed by atoms with Gasteiger partial charge in [-0.2, -0.15) is 20.1 Å². The van der Waals surface area contributed by atoms with Crippen molar-refractivity contribution in [1.82, 2.24) is 15.0 Å². The second-order valence-electron chi connectivity index (χ2n) is 8.43. The minimum Gasteiger partial charge on any atom is -0.487 e. The molecule has 2 N–H and O–H groups in total. The zero-order valence-corrected chi connectivity index (χ0v) is 23.1. The maximum atomic E-state index is 6.01. The summed E-state index contributed by atoms with van der Waals surface area (Å²) in [6.07, 6.45) is 3.96. The van der Waals surface area contributed by atoms with Crippen molar-refractivity contribution < 1.29 is 4.74 Å². The molecule has 4 aromatic rings. The molecule has 8 nitrogen and oxygen atoms in total. The molecule has 1 aromatic heterocycles. The van der Waals surface area contributed by atoms with E-state index in [-0.39, 0.29) is 0 Å². The molecule has 0 saturated carbocycles. The number of benzene rings is 3. The van der Waals surface area contributed by atoms with Gasteiger partial charge in [0.15, 0.2) is 0 Å². The minimum atomic E-state index is 0.368. The summed E-state index contributed by atoms with van der Waals surface area (Å²) in [4.78, 5) is 15.9. The standard InChI is InChI=1S/C27H25Br2N7O/c28-22-15-20(16-23(29)24(22)37-18-19-9-3-1-4-10-19)17-30-35-26-32-25(31-21-11-5-2-6-12-21)33-27(34-26)36-13-7-8-14-36/h1-6,9-12,15-17H,7-8,13-14,18H2,(H2,31,32,33,34,35). The number of halogens is 2. The van der Waals surface area contributed by atoms with E-state index in [0.717, 1.165) is 57.4 Å². The first kappa shape index (κ1) is 25.2. The Morgan fingerprint density at radius 1 is 0.865 bits per heavy atom. The average Bonchev–Trinajstić information content (AvgIpc) is 3.45. The van der Waals surface area contributed by atoms with Crippen LogP contribution in [0.2, 0.25) is 0 Å². The molecule has 0 amide bonds. The maximum Gasteiger partial charge on any atom is 0.250 e. The minimum absolute atomic E-state index is 0.368. The predicted molar refractivity (Wildman–Crippen MR) is 155 cm³/mol. The largest absolute Gasteiger partial charge is 0.487 e. The SMILES string of the molecule is Brc1cc(C=NNc2nc(Nc3ccccc3)nc(N3CCCC3)n2)cc(Br)c1OCc1ccccc1. The molecule has 0 aliphatic carbocycles. The normalized spacial score (nSPS) is 13.2. The van der Waals surface area contributed by atoms with Crippen LogP contribution >= 0.6 is 31.9 Å². The van der Waals surface area contributed by atoms with Gasteiger partial charge in [-0.15, -0.1) is 0 Å². The summed E-state index contributed by atoms with van der Waals surface area (Å²) in [6, 6.07) is 23.8. The third-order valence-corrected chi connectivity index (χ3v) is 6.85. The molecule has 0 unspecified atom stereocenters. The van der Waals surface area contributed by atoms with Gasteiger partial charge in [0.25, 0.3) is 0 Å². The van der Waals surface area contributed by atoms with Gasteiger partial charge in [0.1, 0.15) is 12.4 Å². The first-order valence-electron chi connectivity index (χ1n) is 11.9. The number of hydrazone groups is 1. The van der Waals surface area contributed by atoms with Gasteiger partial charge in [-0.1, -0.05) is 48.5 Å². The Kier molecular flexibility index (Phi) is 8.27. The number of ether oxygens (including phenoxy) is 1. The molecule has 1 aliphatic rings. The Morgan fingerprint density at radius 3 is 2.22 bits per heavy atom. The van der Waals surface area contributed by atoms with Crippen LogP contribution < -0.4 is 20.4 Å². The molecule has 1 fully saturated rings. The van der Waals surface area contributed by atoms with E-state index in [9.17, 15) is 0 Å². The maximum absolute atomic E-state index is 6.01. The second kappa shape index (κ2) is 12.2. The highest BCUT2D eigenvalue weighted by atomic mass is 79.9. The summed E-state index contributed by atoms with van der Waals surface area (Å²) in [7, 11) is 0. The highest BCUT2D eigenvalue weighted by Gasteiger charge is 2.17. The quantitative estimate of drug-likeness (QED) is 0.157. The summed E-state index contributed by atoms with van der Waals surface area (Å²) < 4.78 is 7.66. The number of hydrogen-bond donors (Lipinski definition) is 2. The van der Waals surface area contributed by atoms with E-state index in [1.807, 2.05) is 72.8 Å². The first-order valence-corrected chi connectivity index (χ1v) is 13.5. The van der Waals surface area contributed by atoms with Crippen LogP contribution in [0, 0.1) is 0 Å². The lowest BCUT2D eigenvalue weighted by molar-refractivity contribution is 0.302. The molecule has 0 spiro atoms. The molecular weight excluding hydrogens is 598 g/mol. The third kappa shape index (κ3) is 6.84. The number of nitrogens with one attached hydrogen (secondary N) is 2. The van der Waals surface area contributed by atoms with E-state index in [2.05, 4.69) is 67.6 Å². The van der Waals surface area contributed by atoms with Crippen molar-refractivity contribution >= 4 is 61.6 Å². The van der Waals surface area contributed by atoms with E-state index in [1.165, 1.54) is 0 Å². The Balaban J connectivity index is 1.30. The van der Waals surface area contributed by atoms with Gasteiger partial charge in [-0.25, -0.2) is 5.43 Å². The van der Waals surface area contributed by atoms with Gasteiger partial charge in [-0.05, 0) is 80.1 Å². The zero-order chi connectivity index (χ0) is 25.5. The lowest BCUT2D eigenvalue weighted by Gasteiger charge is -2.16. The Hall–Kier alpha value is -3.50. The molecular formula is C27H25Br2N7O. The molecule has 1 saturated heterocycles. The van der Waals surface area contributed by atoms with Crippen LogP contribution in [0.3, 0.4) is 0 Å². The summed E-state index contributed by atoms with van der Waals surface area (Å²) in [5.41, 5.74) is 5.83.